The summed E-state index contributed by atoms with van der Waals surface area (Å²) in [6, 6.07) is 8.88. The first-order chi connectivity index (χ1) is 8.29. The van der Waals surface area contributed by atoms with E-state index in [-0.39, 0.29) is 16.7 Å². The minimum absolute atomic E-state index is 0.0231. The number of phenols is 1. The Kier molecular flexibility index (Phi) is 2.77. The van der Waals surface area contributed by atoms with Gasteiger partial charge in [-0.05, 0) is 33.9 Å². The second-order valence-electron chi connectivity index (χ2n) is 5.49. The lowest BCUT2D eigenvalue weighted by molar-refractivity contribution is 0.0694. The zero-order chi connectivity index (χ0) is 13.5. The summed E-state index contributed by atoms with van der Waals surface area (Å²) >= 11 is 0. The van der Waals surface area contributed by atoms with Crippen LogP contribution in [0.25, 0.3) is 10.8 Å². The zero-order valence-corrected chi connectivity index (χ0v) is 10.7. The predicted molar refractivity (Wildman–Crippen MR) is 71.3 cm³/mol. The molecule has 0 amide bonds. The Balaban J connectivity index is 2.67. The average molecular weight is 244 g/mol. The van der Waals surface area contributed by atoms with Gasteiger partial charge in [0, 0.05) is 0 Å². The van der Waals surface area contributed by atoms with E-state index in [1.165, 1.54) is 12.1 Å². The molecule has 0 aliphatic rings. The van der Waals surface area contributed by atoms with Gasteiger partial charge in [0.05, 0.1) is 0 Å². The minimum Gasteiger partial charge on any atom is -0.507 e. The number of hydrogen-bond donors (Lipinski definition) is 2. The van der Waals surface area contributed by atoms with E-state index >= 15 is 0 Å². The van der Waals surface area contributed by atoms with Crippen molar-refractivity contribution in [2.45, 2.75) is 26.2 Å². The second kappa shape index (κ2) is 4.02. The summed E-state index contributed by atoms with van der Waals surface area (Å²) in [6.07, 6.45) is 0. The molecular weight excluding hydrogens is 228 g/mol. The highest BCUT2D eigenvalue weighted by atomic mass is 16.4. The van der Waals surface area contributed by atoms with Crippen molar-refractivity contribution in [2.75, 3.05) is 0 Å². The Hall–Kier alpha value is -2.03. The maximum atomic E-state index is 10.9. The summed E-state index contributed by atoms with van der Waals surface area (Å²) in [5.41, 5.74) is 1.11. The van der Waals surface area contributed by atoms with Gasteiger partial charge < -0.3 is 10.2 Å². The smallest absolute Gasteiger partial charge is 0.339 e. The molecule has 0 radical (unpaired) electrons. The molecule has 2 aromatic rings. The van der Waals surface area contributed by atoms with Gasteiger partial charge >= 0.3 is 5.97 Å². The molecule has 2 aromatic carbocycles. The molecule has 0 aliphatic heterocycles. The van der Waals surface area contributed by atoms with Gasteiger partial charge in [0.2, 0.25) is 0 Å². The summed E-state index contributed by atoms with van der Waals surface area (Å²) in [6.45, 7) is 6.33. The van der Waals surface area contributed by atoms with Crippen molar-refractivity contribution in [1.82, 2.24) is 0 Å². The van der Waals surface area contributed by atoms with E-state index in [4.69, 9.17) is 5.11 Å². The quantitative estimate of drug-likeness (QED) is 0.806. The van der Waals surface area contributed by atoms with Crippen molar-refractivity contribution >= 4 is 16.7 Å². The van der Waals surface area contributed by atoms with Crippen LogP contribution in [0.3, 0.4) is 0 Å². The number of carboxylic acid groups (broad SMARTS) is 1. The number of hydrogen-bond acceptors (Lipinski definition) is 2. The van der Waals surface area contributed by atoms with Crippen LogP contribution in [0.4, 0.5) is 0 Å². The molecule has 18 heavy (non-hydrogen) atoms. The standard InChI is InChI=1S/C15H16O3/c1-15(2,3)11-5-4-9-7-12(14(17)18)13(16)8-10(9)6-11/h4-8,16H,1-3H3,(H,17,18). The van der Waals surface area contributed by atoms with Gasteiger partial charge in [0.1, 0.15) is 11.3 Å². The minimum atomic E-state index is -1.12. The van der Waals surface area contributed by atoms with Crippen molar-refractivity contribution in [2.24, 2.45) is 0 Å². The molecule has 0 fully saturated rings. The van der Waals surface area contributed by atoms with Crippen LogP contribution in [-0.2, 0) is 5.41 Å². The summed E-state index contributed by atoms with van der Waals surface area (Å²) < 4.78 is 0. The molecule has 3 nitrogen and oxygen atoms in total. The van der Waals surface area contributed by atoms with Crippen LogP contribution in [-0.4, -0.2) is 16.2 Å². The third-order valence-corrected chi connectivity index (χ3v) is 3.05. The van der Waals surface area contributed by atoms with Crippen LogP contribution in [0.2, 0.25) is 0 Å². The summed E-state index contributed by atoms with van der Waals surface area (Å²) in [5.74, 6) is -1.31. The highest BCUT2D eigenvalue weighted by Gasteiger charge is 2.15. The molecule has 0 atom stereocenters. The molecule has 2 rings (SSSR count). The van der Waals surface area contributed by atoms with Gasteiger partial charge in [-0.1, -0.05) is 39.0 Å². The van der Waals surface area contributed by atoms with Crippen LogP contribution in [0.15, 0.2) is 30.3 Å². The van der Waals surface area contributed by atoms with Gasteiger partial charge in [-0.3, -0.25) is 0 Å². The molecule has 0 spiro atoms. The van der Waals surface area contributed by atoms with Crippen molar-refractivity contribution in [1.29, 1.82) is 0 Å². The molecule has 2 N–H and O–H groups in total. The van der Waals surface area contributed by atoms with E-state index in [1.54, 1.807) is 0 Å². The van der Waals surface area contributed by atoms with Gasteiger partial charge in [-0.2, -0.15) is 0 Å². The number of carbonyl (C=O) groups is 1. The maximum Gasteiger partial charge on any atom is 0.339 e. The van der Waals surface area contributed by atoms with E-state index < -0.39 is 5.97 Å². The molecule has 3 heteroatoms. The number of carboxylic acids is 1. The Morgan fingerprint density at radius 1 is 1.06 bits per heavy atom. The first-order valence-corrected chi connectivity index (χ1v) is 5.79. The van der Waals surface area contributed by atoms with Crippen molar-refractivity contribution in [3.05, 3.63) is 41.5 Å². The molecule has 0 unspecified atom stereocenters. The van der Waals surface area contributed by atoms with Gasteiger partial charge in [-0.25, -0.2) is 4.79 Å². The molecule has 0 saturated carbocycles. The largest absolute Gasteiger partial charge is 0.507 e. The summed E-state index contributed by atoms with van der Waals surface area (Å²) in [7, 11) is 0. The Bertz CT molecular complexity index is 621. The fourth-order valence-electron chi connectivity index (χ4n) is 1.92. The van der Waals surface area contributed by atoms with Gasteiger partial charge in [0.25, 0.3) is 0 Å². The third-order valence-electron chi connectivity index (χ3n) is 3.05. The van der Waals surface area contributed by atoms with E-state index in [9.17, 15) is 9.90 Å². The van der Waals surface area contributed by atoms with E-state index in [0.717, 1.165) is 16.3 Å². The fraction of sp³-hybridized carbons (Fsp3) is 0.267. The first kappa shape index (κ1) is 12.4. The normalized spacial score (nSPS) is 11.7. The number of fused-ring (bicyclic) bond motifs is 1. The van der Waals surface area contributed by atoms with Crippen LogP contribution in [0, 0.1) is 0 Å². The molecule has 0 aromatic heterocycles. The number of rotatable bonds is 1. The first-order valence-electron chi connectivity index (χ1n) is 5.79. The summed E-state index contributed by atoms with van der Waals surface area (Å²) in [5, 5.41) is 20.3. The monoisotopic (exact) mass is 244 g/mol. The molecule has 0 heterocycles. The number of benzene rings is 2. The van der Waals surface area contributed by atoms with E-state index in [1.807, 2.05) is 18.2 Å². The number of aromatic carboxylic acids is 1. The lowest BCUT2D eigenvalue weighted by atomic mass is 9.86. The molecule has 0 saturated heterocycles. The van der Waals surface area contributed by atoms with Crippen molar-refractivity contribution < 1.29 is 15.0 Å². The SMILES string of the molecule is CC(C)(C)c1ccc2cc(C(=O)O)c(O)cc2c1. The molecule has 94 valence electrons. The highest BCUT2D eigenvalue weighted by Crippen LogP contribution is 2.30. The van der Waals surface area contributed by atoms with Crippen LogP contribution < -0.4 is 0 Å². The lowest BCUT2D eigenvalue weighted by Gasteiger charge is -2.19. The topological polar surface area (TPSA) is 57.5 Å². The highest BCUT2D eigenvalue weighted by molar-refractivity contribution is 5.97. The summed E-state index contributed by atoms with van der Waals surface area (Å²) in [4.78, 5) is 10.9. The average Bonchev–Trinajstić information content (AvgIpc) is 2.25. The van der Waals surface area contributed by atoms with Gasteiger partial charge in [-0.15, -0.1) is 0 Å². The van der Waals surface area contributed by atoms with E-state index in [2.05, 4.69) is 20.8 Å². The molecule has 0 bridgehead atoms. The zero-order valence-electron chi connectivity index (χ0n) is 10.7. The van der Waals surface area contributed by atoms with E-state index in [0.29, 0.717) is 0 Å². The number of aromatic hydroxyl groups is 1. The predicted octanol–water partition coefficient (Wildman–Crippen LogP) is 3.54. The maximum absolute atomic E-state index is 10.9. The molecule has 0 aliphatic carbocycles. The Morgan fingerprint density at radius 3 is 2.28 bits per heavy atom. The van der Waals surface area contributed by atoms with Crippen LogP contribution in [0.1, 0.15) is 36.7 Å². The second-order valence-corrected chi connectivity index (χ2v) is 5.49. The third kappa shape index (κ3) is 2.16. The van der Waals surface area contributed by atoms with Crippen LogP contribution >= 0.6 is 0 Å². The van der Waals surface area contributed by atoms with Crippen molar-refractivity contribution in [3.63, 3.8) is 0 Å². The lowest BCUT2D eigenvalue weighted by Crippen LogP contribution is -2.10. The Morgan fingerprint density at radius 2 is 1.72 bits per heavy atom. The molecular formula is C15H16O3. The van der Waals surface area contributed by atoms with Crippen LogP contribution in [0.5, 0.6) is 5.75 Å². The Labute approximate surface area is 106 Å². The van der Waals surface area contributed by atoms with Gasteiger partial charge in [0.15, 0.2) is 0 Å². The van der Waals surface area contributed by atoms with Crippen molar-refractivity contribution in [3.8, 4) is 5.75 Å². The fourth-order valence-corrected chi connectivity index (χ4v) is 1.92.